The lowest BCUT2D eigenvalue weighted by atomic mass is 9.74. The van der Waals surface area contributed by atoms with Gasteiger partial charge >= 0.3 is 5.69 Å². The van der Waals surface area contributed by atoms with Gasteiger partial charge in [-0.05, 0) is 40.0 Å². The predicted octanol–water partition coefficient (Wildman–Crippen LogP) is 0.470. The molecule has 2 aromatic rings. The molecule has 0 aliphatic carbocycles. The average Bonchev–Trinajstić information content (AvgIpc) is 2.95. The van der Waals surface area contributed by atoms with Crippen molar-refractivity contribution in [1.82, 2.24) is 19.8 Å². The molecule has 0 atom stereocenters. The number of hydrogen-bond acceptors (Lipinski definition) is 5. The number of aromatic nitrogens is 4. The molecule has 0 bridgehead atoms. The van der Waals surface area contributed by atoms with E-state index in [0.717, 1.165) is 24.7 Å². The Kier molecular flexibility index (Phi) is 5.23. The summed E-state index contributed by atoms with van der Waals surface area (Å²) in [4.78, 5) is 12.5. The summed E-state index contributed by atoms with van der Waals surface area (Å²) in [6, 6.07) is 4.06. The Morgan fingerprint density at radius 3 is 2.58 bits per heavy atom. The highest BCUT2D eigenvalue weighted by molar-refractivity contribution is 6.33. The zero-order valence-electron chi connectivity index (χ0n) is 16.3. The van der Waals surface area contributed by atoms with Crippen LogP contribution in [-0.4, -0.2) is 47.0 Å². The van der Waals surface area contributed by atoms with E-state index < -0.39 is 0 Å². The van der Waals surface area contributed by atoms with Gasteiger partial charge < -0.3 is 9.47 Å². The van der Waals surface area contributed by atoms with E-state index in [1.807, 2.05) is 12.1 Å². The highest BCUT2D eigenvalue weighted by atomic mass is 16.5. The van der Waals surface area contributed by atoms with Crippen molar-refractivity contribution in [2.75, 3.05) is 13.2 Å². The number of tetrazole rings is 1. The molecule has 7 nitrogen and oxygen atoms in total. The molecule has 1 aliphatic heterocycles. The second kappa shape index (κ2) is 7.27. The predicted molar refractivity (Wildman–Crippen MR) is 103 cm³/mol. The number of aryl methyl sites for hydroxylation is 1. The van der Waals surface area contributed by atoms with Crippen molar-refractivity contribution in [3.05, 3.63) is 28.2 Å². The van der Waals surface area contributed by atoms with Crippen LogP contribution in [0.3, 0.4) is 0 Å². The quantitative estimate of drug-likeness (QED) is 0.727. The highest BCUT2D eigenvalue weighted by Gasteiger charge is 2.25. The Hall–Kier alpha value is -2.09. The van der Waals surface area contributed by atoms with Gasteiger partial charge in [0.25, 0.3) is 0 Å². The van der Waals surface area contributed by atoms with Crippen molar-refractivity contribution in [3.63, 3.8) is 0 Å². The van der Waals surface area contributed by atoms with Crippen molar-refractivity contribution in [1.29, 1.82) is 0 Å². The first-order valence-electron chi connectivity index (χ1n) is 9.22. The van der Waals surface area contributed by atoms with Crippen molar-refractivity contribution in [2.45, 2.75) is 51.6 Å². The molecule has 8 heteroatoms. The van der Waals surface area contributed by atoms with Crippen LogP contribution < -0.4 is 15.9 Å². The summed E-state index contributed by atoms with van der Waals surface area (Å²) in [6.45, 7) is 7.98. The minimum absolute atomic E-state index is 0.0120. The van der Waals surface area contributed by atoms with E-state index in [9.17, 15) is 4.79 Å². The summed E-state index contributed by atoms with van der Waals surface area (Å²) < 4.78 is 14.2. The molecule has 1 fully saturated rings. The molecular weight excluding hydrogens is 331 g/mol. The monoisotopic (exact) mass is 358 g/mol. The van der Waals surface area contributed by atoms with E-state index in [0.29, 0.717) is 24.7 Å². The van der Waals surface area contributed by atoms with Crippen LogP contribution in [0.5, 0.6) is 5.75 Å². The lowest BCUT2D eigenvalue weighted by Crippen LogP contribution is -2.31. The molecule has 0 radical (unpaired) electrons. The Bertz CT molecular complexity index is 837. The normalized spacial score (nSPS) is 16.0. The third-order valence-electron chi connectivity index (χ3n) is 5.33. The summed E-state index contributed by atoms with van der Waals surface area (Å²) in [6.07, 6.45) is 2.76. The molecule has 0 saturated carbocycles. The van der Waals surface area contributed by atoms with E-state index in [1.54, 1.807) is 7.05 Å². The molecule has 0 unspecified atom stereocenters. The van der Waals surface area contributed by atoms with E-state index in [1.165, 1.54) is 14.9 Å². The van der Waals surface area contributed by atoms with Crippen molar-refractivity contribution >= 4 is 13.3 Å². The third kappa shape index (κ3) is 3.56. The Labute approximate surface area is 154 Å². The summed E-state index contributed by atoms with van der Waals surface area (Å²) in [7, 11) is 3.68. The van der Waals surface area contributed by atoms with Crippen LogP contribution >= 0.6 is 0 Å². The second-order valence-corrected chi connectivity index (χ2v) is 7.60. The van der Waals surface area contributed by atoms with Crippen LogP contribution in [0, 0.1) is 0 Å². The fourth-order valence-electron chi connectivity index (χ4n) is 3.29. The van der Waals surface area contributed by atoms with Gasteiger partial charge in [-0.1, -0.05) is 26.2 Å². The summed E-state index contributed by atoms with van der Waals surface area (Å²) >= 11 is 0. The molecule has 0 N–H and O–H groups in total. The van der Waals surface area contributed by atoms with Crippen molar-refractivity contribution < 1.29 is 9.47 Å². The molecule has 0 spiro atoms. The summed E-state index contributed by atoms with van der Waals surface area (Å²) in [5, 5.41) is 7.89. The maximum Gasteiger partial charge on any atom is 0.368 e. The van der Waals surface area contributed by atoms with Gasteiger partial charge in [0.1, 0.15) is 25.4 Å². The van der Waals surface area contributed by atoms with Gasteiger partial charge in [0.05, 0.1) is 13.2 Å². The zero-order valence-corrected chi connectivity index (χ0v) is 16.3. The van der Waals surface area contributed by atoms with Crippen molar-refractivity contribution in [2.24, 2.45) is 7.05 Å². The van der Waals surface area contributed by atoms with Crippen LogP contribution in [0.2, 0.25) is 0 Å². The standard InChI is InChI=1S/C18H27BN4O3/c1-5-18(2,3)13-10-15(23-17(24)22(4)20-21-23)16(11-14(13)19)26-12-6-8-25-9-7-12/h10-12H,5-9,19H2,1-4H3. The van der Waals surface area contributed by atoms with Gasteiger partial charge in [-0.2, -0.15) is 9.36 Å². The maximum absolute atomic E-state index is 12.5. The molecule has 1 aromatic carbocycles. The molecule has 26 heavy (non-hydrogen) atoms. The lowest BCUT2D eigenvalue weighted by molar-refractivity contribution is 0.0255. The first-order valence-corrected chi connectivity index (χ1v) is 9.22. The van der Waals surface area contributed by atoms with Gasteiger partial charge in [-0.15, -0.1) is 0 Å². The number of hydrogen-bond donors (Lipinski definition) is 0. The molecule has 0 amide bonds. The maximum atomic E-state index is 12.5. The molecule has 1 aliphatic rings. The largest absolute Gasteiger partial charge is 0.488 e. The van der Waals surface area contributed by atoms with E-state index in [2.05, 4.69) is 39.0 Å². The van der Waals surface area contributed by atoms with Gasteiger partial charge in [-0.25, -0.2) is 4.79 Å². The Morgan fingerprint density at radius 1 is 1.31 bits per heavy atom. The van der Waals surface area contributed by atoms with Gasteiger partial charge in [0.15, 0.2) is 0 Å². The molecule has 1 aromatic heterocycles. The van der Waals surface area contributed by atoms with Gasteiger partial charge in [-0.3, -0.25) is 0 Å². The number of ether oxygens (including phenoxy) is 2. The van der Waals surface area contributed by atoms with Gasteiger partial charge in [0.2, 0.25) is 0 Å². The summed E-state index contributed by atoms with van der Waals surface area (Å²) in [5.74, 6) is 0.674. The van der Waals surface area contributed by atoms with Crippen LogP contribution in [0.25, 0.3) is 5.69 Å². The van der Waals surface area contributed by atoms with E-state index in [-0.39, 0.29) is 17.2 Å². The fourth-order valence-corrected chi connectivity index (χ4v) is 3.29. The lowest BCUT2D eigenvalue weighted by Gasteiger charge is -2.29. The van der Waals surface area contributed by atoms with E-state index >= 15 is 0 Å². The molecule has 140 valence electrons. The molecule has 2 heterocycles. The highest BCUT2D eigenvalue weighted by Crippen LogP contribution is 2.31. The first kappa shape index (κ1) is 18.7. The van der Waals surface area contributed by atoms with Crippen molar-refractivity contribution in [3.8, 4) is 11.4 Å². The topological polar surface area (TPSA) is 71.2 Å². The Balaban J connectivity index is 2.11. The SMILES string of the molecule is Bc1cc(OC2CCOCC2)c(-n2nnn(C)c2=O)cc1C(C)(C)CC. The molecular formula is C18H27BN4O3. The number of rotatable bonds is 5. The first-order chi connectivity index (χ1) is 12.3. The van der Waals surface area contributed by atoms with Gasteiger partial charge in [0, 0.05) is 19.9 Å². The van der Waals surface area contributed by atoms with Crippen LogP contribution in [0.1, 0.15) is 45.6 Å². The van der Waals surface area contributed by atoms with Crippen LogP contribution in [-0.2, 0) is 17.2 Å². The van der Waals surface area contributed by atoms with Crippen LogP contribution in [0.15, 0.2) is 16.9 Å². The van der Waals surface area contributed by atoms with E-state index in [4.69, 9.17) is 9.47 Å². The minimum atomic E-state index is -0.286. The average molecular weight is 358 g/mol. The van der Waals surface area contributed by atoms with Crippen LogP contribution in [0.4, 0.5) is 0 Å². The third-order valence-corrected chi connectivity index (χ3v) is 5.33. The zero-order chi connectivity index (χ0) is 18.9. The Morgan fingerprint density at radius 2 is 2.00 bits per heavy atom. The molecule has 3 rings (SSSR count). The fraction of sp³-hybridized carbons (Fsp3) is 0.611. The number of benzene rings is 1. The number of nitrogens with zero attached hydrogens (tertiary/aromatic N) is 4. The minimum Gasteiger partial charge on any atom is -0.488 e. The second-order valence-electron chi connectivity index (χ2n) is 7.60. The smallest absolute Gasteiger partial charge is 0.368 e. The molecule has 1 saturated heterocycles. The summed E-state index contributed by atoms with van der Waals surface area (Å²) in [5.41, 5.74) is 2.69.